The highest BCUT2D eigenvalue weighted by Gasteiger charge is 2.50. The van der Waals surface area contributed by atoms with Crippen LogP contribution in [-0.4, -0.2) is 44.6 Å². The van der Waals surface area contributed by atoms with E-state index in [1.54, 1.807) is 51.1 Å². The normalized spacial score (nSPS) is 15.1. The fourth-order valence-electron chi connectivity index (χ4n) is 2.57. The van der Waals surface area contributed by atoms with E-state index in [0.717, 1.165) is 22.6 Å². The van der Waals surface area contributed by atoms with Crippen LogP contribution < -0.4 is 10.6 Å². The Labute approximate surface area is 188 Å². The molecule has 0 aliphatic rings. The highest BCUT2D eigenvalue weighted by Crippen LogP contribution is 2.28. The van der Waals surface area contributed by atoms with Gasteiger partial charge in [0.25, 0.3) is 3.79 Å². The molecular formula is C20H27F2IN2O5. The number of nitrogens with one attached hydrogen (secondary N) is 2. The van der Waals surface area contributed by atoms with Crippen LogP contribution in [0.4, 0.5) is 13.6 Å². The maximum atomic E-state index is 14.1. The van der Waals surface area contributed by atoms with Gasteiger partial charge in [0.05, 0.1) is 6.04 Å². The smallest absolute Gasteiger partial charge is 0.408 e. The van der Waals surface area contributed by atoms with Crippen molar-refractivity contribution in [3.8, 4) is 0 Å². The Morgan fingerprint density at radius 2 is 1.60 bits per heavy atom. The zero-order valence-electron chi connectivity index (χ0n) is 17.4. The van der Waals surface area contributed by atoms with E-state index in [2.05, 4.69) is 10.6 Å². The van der Waals surface area contributed by atoms with Crippen LogP contribution in [0.25, 0.3) is 0 Å². The molecule has 0 aliphatic heterocycles. The van der Waals surface area contributed by atoms with Crippen molar-refractivity contribution in [2.75, 3.05) is 0 Å². The maximum absolute atomic E-state index is 14.1. The molecule has 1 rings (SSSR count). The lowest BCUT2D eigenvalue weighted by atomic mass is 9.94. The molecular weight excluding hydrogens is 513 g/mol. The third kappa shape index (κ3) is 7.46. The molecule has 2 amide bonds. The number of aliphatic hydroxyl groups is 1. The fourth-order valence-corrected chi connectivity index (χ4v) is 2.89. The number of carbonyl (C=O) groups excluding carboxylic acids is 3. The minimum Gasteiger partial charge on any atom is -0.444 e. The highest BCUT2D eigenvalue weighted by atomic mass is 127. The maximum Gasteiger partial charge on any atom is 0.408 e. The van der Waals surface area contributed by atoms with E-state index in [1.807, 2.05) is 0 Å². The first-order chi connectivity index (χ1) is 13.7. The molecule has 0 spiro atoms. The van der Waals surface area contributed by atoms with E-state index in [0.29, 0.717) is 5.56 Å². The first kappa shape index (κ1) is 26.2. The predicted molar refractivity (Wildman–Crippen MR) is 115 cm³/mol. The summed E-state index contributed by atoms with van der Waals surface area (Å²) in [6, 6.07) is 5.43. The second kappa shape index (κ2) is 10.5. The number of carbonyl (C=O) groups is 3. The molecule has 1 aromatic carbocycles. The summed E-state index contributed by atoms with van der Waals surface area (Å²) in [7, 11) is 0. The second-order valence-electron chi connectivity index (χ2n) is 8.11. The van der Waals surface area contributed by atoms with E-state index in [1.165, 1.54) is 13.8 Å². The van der Waals surface area contributed by atoms with E-state index >= 15 is 0 Å². The van der Waals surface area contributed by atoms with Crippen LogP contribution in [0.15, 0.2) is 30.3 Å². The number of alkyl carbamates (subject to hydrolysis) is 1. The second-order valence-corrected chi connectivity index (χ2v) is 9.09. The molecule has 0 fully saturated rings. The molecule has 0 radical (unpaired) electrons. The molecule has 30 heavy (non-hydrogen) atoms. The highest BCUT2D eigenvalue weighted by molar-refractivity contribution is 14.1. The van der Waals surface area contributed by atoms with E-state index in [4.69, 9.17) is 4.74 Å². The van der Waals surface area contributed by atoms with Gasteiger partial charge in [-0.1, -0.05) is 44.2 Å². The molecule has 7 nitrogen and oxygen atoms in total. The van der Waals surface area contributed by atoms with Crippen LogP contribution in [-0.2, 0) is 14.3 Å². The summed E-state index contributed by atoms with van der Waals surface area (Å²) in [5, 5.41) is 14.9. The number of aliphatic hydroxyl groups excluding tert-OH is 1. The van der Waals surface area contributed by atoms with Crippen molar-refractivity contribution in [2.45, 2.75) is 64.3 Å². The third-order valence-electron chi connectivity index (χ3n) is 4.06. The monoisotopic (exact) mass is 540 g/mol. The number of benzene rings is 1. The van der Waals surface area contributed by atoms with Gasteiger partial charge in [0, 0.05) is 22.6 Å². The molecule has 168 valence electrons. The number of halogens is 3. The summed E-state index contributed by atoms with van der Waals surface area (Å²) in [4.78, 5) is 36.4. The Balaban J connectivity index is 3.16. The Bertz CT molecular complexity index is 753. The van der Waals surface area contributed by atoms with Gasteiger partial charge in [0.15, 0.2) is 0 Å². The average Bonchev–Trinajstić information content (AvgIpc) is 2.62. The SMILES string of the molecule is CC(C)[C@H](NC(=O)[C@@H](NC(=O)OC(C)(C)C)c1ccccc1)[C@@H](O)C(F)(F)C(=O)I. The predicted octanol–water partition coefficient (Wildman–Crippen LogP) is 3.35. The molecule has 1 aromatic rings. The topological polar surface area (TPSA) is 105 Å². The van der Waals surface area contributed by atoms with Crippen molar-refractivity contribution in [3.05, 3.63) is 35.9 Å². The Morgan fingerprint density at radius 3 is 2.03 bits per heavy atom. The van der Waals surface area contributed by atoms with E-state index in [-0.39, 0.29) is 0 Å². The number of rotatable bonds is 8. The lowest BCUT2D eigenvalue weighted by Gasteiger charge is -2.32. The summed E-state index contributed by atoms with van der Waals surface area (Å²) in [5.74, 6) is -5.52. The van der Waals surface area contributed by atoms with Gasteiger partial charge in [-0.05, 0) is 32.3 Å². The van der Waals surface area contributed by atoms with Crippen molar-refractivity contribution >= 4 is 38.4 Å². The van der Waals surface area contributed by atoms with Crippen molar-refractivity contribution < 1.29 is 33.0 Å². The van der Waals surface area contributed by atoms with Crippen LogP contribution in [0.3, 0.4) is 0 Å². The fraction of sp³-hybridized carbons (Fsp3) is 0.550. The largest absolute Gasteiger partial charge is 0.444 e. The van der Waals surface area contributed by atoms with Crippen molar-refractivity contribution in [1.29, 1.82) is 0 Å². The molecule has 0 bridgehead atoms. The first-order valence-corrected chi connectivity index (χ1v) is 10.3. The van der Waals surface area contributed by atoms with Crippen molar-refractivity contribution in [2.24, 2.45) is 5.92 Å². The molecule has 0 heterocycles. The Hall–Kier alpha value is -1.82. The Morgan fingerprint density at radius 1 is 1.07 bits per heavy atom. The number of hydrogen-bond acceptors (Lipinski definition) is 5. The van der Waals surface area contributed by atoms with Gasteiger partial charge in [-0.3, -0.25) is 9.59 Å². The van der Waals surface area contributed by atoms with Gasteiger partial charge < -0.3 is 20.5 Å². The standard InChI is InChI=1S/C20H27F2IN2O5/c1-11(2)13(15(26)20(21,22)17(23)28)24-16(27)14(12-9-7-6-8-10-12)25-18(29)30-19(3,4)5/h6-11,13-15,26H,1-5H3,(H,24,27)(H,25,29)/t13-,14-,15+/m0/s1. The van der Waals surface area contributed by atoms with Gasteiger partial charge >= 0.3 is 12.0 Å². The summed E-state index contributed by atoms with van der Waals surface area (Å²) in [6.45, 7) is 7.98. The lowest BCUT2D eigenvalue weighted by molar-refractivity contribution is -0.156. The molecule has 0 aliphatic carbocycles. The lowest BCUT2D eigenvalue weighted by Crippen LogP contribution is -2.57. The van der Waals surface area contributed by atoms with Crippen LogP contribution in [0, 0.1) is 5.92 Å². The minimum atomic E-state index is -4.05. The van der Waals surface area contributed by atoms with Gasteiger partial charge in [-0.2, -0.15) is 8.78 Å². The molecule has 0 unspecified atom stereocenters. The van der Waals surface area contributed by atoms with Crippen LogP contribution in [0.5, 0.6) is 0 Å². The Kier molecular flexibility index (Phi) is 9.15. The zero-order chi connectivity index (χ0) is 23.3. The third-order valence-corrected chi connectivity index (χ3v) is 4.78. The zero-order valence-corrected chi connectivity index (χ0v) is 19.6. The average molecular weight is 540 g/mol. The van der Waals surface area contributed by atoms with Gasteiger partial charge in [-0.15, -0.1) is 0 Å². The number of hydrogen-bond donors (Lipinski definition) is 3. The number of alkyl halides is 2. The quantitative estimate of drug-likeness (QED) is 0.347. The summed E-state index contributed by atoms with van der Waals surface area (Å²) < 4.78 is 31.8. The molecule has 0 saturated heterocycles. The van der Waals surface area contributed by atoms with Gasteiger partial charge in [-0.25, -0.2) is 4.79 Å². The molecule has 3 N–H and O–H groups in total. The van der Waals surface area contributed by atoms with Crippen LogP contribution in [0.1, 0.15) is 46.2 Å². The van der Waals surface area contributed by atoms with Crippen molar-refractivity contribution in [3.63, 3.8) is 0 Å². The molecule has 3 atom stereocenters. The van der Waals surface area contributed by atoms with Crippen LogP contribution >= 0.6 is 22.6 Å². The molecule has 0 saturated carbocycles. The van der Waals surface area contributed by atoms with E-state index in [9.17, 15) is 28.3 Å². The minimum absolute atomic E-state index is 0.384. The summed E-state index contributed by atoms with van der Waals surface area (Å²) >= 11 is 0.907. The van der Waals surface area contributed by atoms with Crippen LogP contribution in [0.2, 0.25) is 0 Å². The number of ether oxygens (including phenoxy) is 1. The van der Waals surface area contributed by atoms with Crippen molar-refractivity contribution in [1.82, 2.24) is 10.6 Å². The van der Waals surface area contributed by atoms with Gasteiger partial charge in [0.1, 0.15) is 17.7 Å². The molecule has 10 heteroatoms. The van der Waals surface area contributed by atoms with Gasteiger partial charge in [0.2, 0.25) is 5.91 Å². The number of amides is 2. The first-order valence-electron chi connectivity index (χ1n) is 9.27. The molecule has 0 aromatic heterocycles. The van der Waals surface area contributed by atoms with E-state index < -0.39 is 51.4 Å². The summed E-state index contributed by atoms with van der Waals surface area (Å²) in [5.41, 5.74) is -0.434. The summed E-state index contributed by atoms with van der Waals surface area (Å²) in [6.07, 6.45) is -3.32.